The van der Waals surface area contributed by atoms with Gasteiger partial charge in [0.25, 0.3) is 5.91 Å². The van der Waals surface area contributed by atoms with Crippen molar-refractivity contribution in [2.75, 3.05) is 6.54 Å². The molecule has 3 rings (SSSR count). The van der Waals surface area contributed by atoms with E-state index >= 15 is 0 Å². The third-order valence-corrected chi connectivity index (χ3v) is 3.36. The van der Waals surface area contributed by atoms with Crippen molar-refractivity contribution in [3.05, 3.63) is 45.9 Å². The molecule has 116 valence electrons. The van der Waals surface area contributed by atoms with Crippen LogP contribution < -0.4 is 5.69 Å². The number of halogens is 3. The first kappa shape index (κ1) is 14.3. The molecule has 0 aromatic carbocycles. The first-order valence-electron chi connectivity index (χ1n) is 6.33. The fourth-order valence-electron chi connectivity index (χ4n) is 2.20. The Bertz CT molecular complexity index is 762. The Morgan fingerprint density at radius 1 is 1.27 bits per heavy atom. The van der Waals surface area contributed by atoms with E-state index in [2.05, 4.69) is 15.2 Å². The average Bonchev–Trinajstić information content (AvgIpc) is 2.87. The van der Waals surface area contributed by atoms with Crippen molar-refractivity contribution in [1.29, 1.82) is 0 Å². The molecule has 0 radical (unpaired) electrons. The van der Waals surface area contributed by atoms with Crippen LogP contribution >= 0.6 is 0 Å². The topological polar surface area (TPSA) is 83.9 Å². The van der Waals surface area contributed by atoms with Crippen LogP contribution in [0.1, 0.15) is 21.9 Å². The average molecular weight is 313 g/mol. The lowest BCUT2D eigenvalue weighted by Crippen LogP contribution is -2.40. The van der Waals surface area contributed by atoms with Gasteiger partial charge in [-0.05, 0) is 12.1 Å². The molecule has 1 N–H and O–H groups in total. The molecule has 0 saturated carbocycles. The number of nitrogens with zero attached hydrogens (tertiary/aromatic N) is 4. The maximum Gasteiger partial charge on any atom is 0.417 e. The minimum absolute atomic E-state index is 0.0840. The number of aromatic amines is 1. The molecule has 3 heterocycles. The fourth-order valence-corrected chi connectivity index (χ4v) is 2.20. The van der Waals surface area contributed by atoms with Crippen LogP contribution in [0, 0.1) is 0 Å². The fraction of sp³-hybridized carbons (Fsp3) is 0.333. The van der Waals surface area contributed by atoms with E-state index in [1.807, 2.05) is 0 Å². The maximum atomic E-state index is 12.5. The Morgan fingerprint density at radius 3 is 2.68 bits per heavy atom. The molecule has 1 aliphatic rings. The van der Waals surface area contributed by atoms with Gasteiger partial charge >= 0.3 is 11.9 Å². The number of carbonyl (C=O) groups excluding carboxylic acids is 1. The van der Waals surface area contributed by atoms with Crippen LogP contribution in [0.25, 0.3) is 0 Å². The molecule has 7 nitrogen and oxygen atoms in total. The van der Waals surface area contributed by atoms with Crippen LogP contribution in [0.15, 0.2) is 23.1 Å². The van der Waals surface area contributed by atoms with E-state index in [4.69, 9.17) is 0 Å². The summed E-state index contributed by atoms with van der Waals surface area (Å²) in [6.45, 7) is 0.630. The van der Waals surface area contributed by atoms with Crippen molar-refractivity contribution in [3.63, 3.8) is 0 Å². The van der Waals surface area contributed by atoms with E-state index in [0.717, 1.165) is 12.1 Å². The second kappa shape index (κ2) is 4.97. The standard InChI is InChI=1S/C12H10F3N5O2/c13-12(14,15)7-1-2-8(16-5-7)10(21)19-3-4-20-9(6-19)17-18-11(20)22/h1-2,5H,3-4,6H2,(H,18,22). The summed E-state index contributed by atoms with van der Waals surface area (Å²) in [5, 5.41) is 6.07. The Kier molecular flexibility index (Phi) is 3.23. The summed E-state index contributed by atoms with van der Waals surface area (Å²) in [6.07, 6.45) is -3.87. The molecule has 1 amide bonds. The zero-order chi connectivity index (χ0) is 15.9. The highest BCUT2D eigenvalue weighted by Crippen LogP contribution is 2.28. The highest BCUT2D eigenvalue weighted by atomic mass is 19.4. The molecule has 2 aromatic heterocycles. The molecule has 0 atom stereocenters. The number of H-pyrrole nitrogens is 1. The smallest absolute Gasteiger partial charge is 0.328 e. The van der Waals surface area contributed by atoms with E-state index in [0.29, 0.717) is 12.0 Å². The molecule has 10 heteroatoms. The summed E-state index contributed by atoms with van der Waals surface area (Å²) in [7, 11) is 0. The largest absolute Gasteiger partial charge is 0.417 e. The number of nitrogens with one attached hydrogen (secondary N) is 1. The number of pyridine rings is 1. The molecular formula is C12H10F3N5O2. The Hall–Kier alpha value is -2.65. The van der Waals surface area contributed by atoms with Crippen molar-refractivity contribution in [2.45, 2.75) is 19.3 Å². The summed E-state index contributed by atoms with van der Waals surface area (Å²) in [5.41, 5.74) is -1.35. The predicted octanol–water partition coefficient (Wildman–Crippen LogP) is 0.641. The number of alkyl halides is 3. The number of amides is 1. The first-order chi connectivity index (χ1) is 10.4. The van der Waals surface area contributed by atoms with E-state index in [1.54, 1.807) is 0 Å². The molecule has 0 saturated heterocycles. The SMILES string of the molecule is O=C(c1ccc(C(F)(F)F)cn1)N1CCn2c(n[nH]c2=O)C1. The third kappa shape index (κ3) is 2.47. The van der Waals surface area contributed by atoms with Crippen LogP contribution in [0.5, 0.6) is 0 Å². The highest BCUT2D eigenvalue weighted by molar-refractivity contribution is 5.92. The van der Waals surface area contributed by atoms with Gasteiger partial charge in [-0.1, -0.05) is 0 Å². The summed E-state index contributed by atoms with van der Waals surface area (Å²) >= 11 is 0. The number of aromatic nitrogens is 4. The lowest BCUT2D eigenvalue weighted by Gasteiger charge is -2.26. The van der Waals surface area contributed by atoms with E-state index in [1.165, 1.54) is 9.47 Å². The lowest BCUT2D eigenvalue weighted by atomic mass is 10.2. The predicted molar refractivity (Wildman–Crippen MR) is 66.8 cm³/mol. The quantitative estimate of drug-likeness (QED) is 0.837. The molecule has 22 heavy (non-hydrogen) atoms. The van der Waals surface area contributed by atoms with Gasteiger partial charge in [0.1, 0.15) is 5.69 Å². The minimum atomic E-state index is -4.50. The maximum absolute atomic E-state index is 12.5. The monoisotopic (exact) mass is 313 g/mol. The summed E-state index contributed by atoms with van der Waals surface area (Å²) in [4.78, 5) is 28.6. The molecule has 0 bridgehead atoms. The van der Waals surface area contributed by atoms with Crippen LogP contribution in [0.4, 0.5) is 13.2 Å². The summed E-state index contributed by atoms with van der Waals surface area (Å²) in [5.74, 6) is -0.105. The van der Waals surface area contributed by atoms with Crippen molar-refractivity contribution in [3.8, 4) is 0 Å². The van der Waals surface area contributed by atoms with Gasteiger partial charge in [0, 0.05) is 19.3 Å². The second-order valence-corrected chi connectivity index (χ2v) is 4.75. The van der Waals surface area contributed by atoms with Gasteiger partial charge in [-0.3, -0.25) is 14.3 Å². The van der Waals surface area contributed by atoms with Gasteiger partial charge in [0.05, 0.1) is 12.1 Å². The van der Waals surface area contributed by atoms with Crippen LogP contribution in [-0.2, 0) is 19.3 Å². The van der Waals surface area contributed by atoms with Gasteiger partial charge in [-0.15, -0.1) is 0 Å². The molecule has 0 spiro atoms. The van der Waals surface area contributed by atoms with Crippen molar-refractivity contribution in [2.24, 2.45) is 0 Å². The van der Waals surface area contributed by atoms with Crippen molar-refractivity contribution in [1.82, 2.24) is 24.6 Å². The zero-order valence-electron chi connectivity index (χ0n) is 11.1. The number of fused-ring (bicyclic) bond motifs is 1. The molecule has 2 aromatic rings. The molecule has 0 unspecified atom stereocenters. The molecule has 0 aliphatic carbocycles. The molecule has 0 fully saturated rings. The highest BCUT2D eigenvalue weighted by Gasteiger charge is 2.31. The minimum Gasteiger partial charge on any atom is -0.328 e. The van der Waals surface area contributed by atoms with E-state index in [-0.39, 0.29) is 31.0 Å². The number of carbonyl (C=O) groups is 1. The summed E-state index contributed by atoms with van der Waals surface area (Å²) in [6, 6.07) is 1.85. The van der Waals surface area contributed by atoms with Crippen molar-refractivity contribution >= 4 is 5.91 Å². The number of hydrogen-bond donors (Lipinski definition) is 1. The summed E-state index contributed by atoms with van der Waals surface area (Å²) < 4.78 is 38.8. The Morgan fingerprint density at radius 2 is 2.05 bits per heavy atom. The van der Waals surface area contributed by atoms with Crippen LogP contribution in [-0.4, -0.2) is 37.1 Å². The van der Waals surface area contributed by atoms with Gasteiger partial charge < -0.3 is 4.90 Å². The van der Waals surface area contributed by atoms with Gasteiger partial charge in [-0.2, -0.15) is 18.3 Å². The molecular weight excluding hydrogens is 303 g/mol. The Labute approximate surface area is 121 Å². The van der Waals surface area contributed by atoms with E-state index in [9.17, 15) is 22.8 Å². The zero-order valence-corrected chi connectivity index (χ0v) is 11.1. The van der Waals surface area contributed by atoms with Gasteiger partial charge in [0.15, 0.2) is 5.82 Å². The molecule has 1 aliphatic heterocycles. The van der Waals surface area contributed by atoms with E-state index < -0.39 is 17.6 Å². The van der Waals surface area contributed by atoms with Gasteiger partial charge in [-0.25, -0.2) is 9.89 Å². The number of hydrogen-bond acceptors (Lipinski definition) is 4. The lowest BCUT2D eigenvalue weighted by molar-refractivity contribution is -0.137. The normalized spacial score (nSPS) is 14.8. The van der Waals surface area contributed by atoms with Crippen LogP contribution in [0.3, 0.4) is 0 Å². The number of rotatable bonds is 1. The van der Waals surface area contributed by atoms with Crippen molar-refractivity contribution < 1.29 is 18.0 Å². The first-order valence-corrected chi connectivity index (χ1v) is 6.33. The third-order valence-electron chi connectivity index (χ3n) is 3.36. The van der Waals surface area contributed by atoms with Crippen LogP contribution in [0.2, 0.25) is 0 Å². The Balaban J connectivity index is 1.79. The second-order valence-electron chi connectivity index (χ2n) is 4.75. The van der Waals surface area contributed by atoms with Gasteiger partial charge in [0.2, 0.25) is 0 Å².